The highest BCUT2D eigenvalue weighted by atomic mass is 16.6. The number of fused-ring (bicyclic) bond motifs is 1. The van der Waals surface area contributed by atoms with Crippen LogP contribution < -0.4 is 0 Å². The second-order valence-electron chi connectivity index (χ2n) is 3.20. The molecule has 1 aromatic rings. The second-order valence-corrected chi connectivity index (χ2v) is 3.20. The van der Waals surface area contributed by atoms with Crippen molar-refractivity contribution in [2.75, 3.05) is 0 Å². The molecule has 0 amide bonds. The average Bonchev–Trinajstić information content (AvgIpc) is 2.57. The van der Waals surface area contributed by atoms with Gasteiger partial charge in [0.2, 0.25) is 6.20 Å². The van der Waals surface area contributed by atoms with E-state index < -0.39 is 4.92 Å². The zero-order chi connectivity index (χ0) is 9.97. The van der Waals surface area contributed by atoms with Crippen molar-refractivity contribution in [3.8, 4) is 0 Å². The van der Waals surface area contributed by atoms with Crippen molar-refractivity contribution < 1.29 is 4.92 Å². The molecule has 70 valence electrons. The maximum atomic E-state index is 10.1. The molecule has 0 atom stereocenters. The minimum Gasteiger partial charge on any atom is -0.259 e. The molecule has 0 saturated heterocycles. The Morgan fingerprint density at radius 3 is 2.86 bits per heavy atom. The van der Waals surface area contributed by atoms with Crippen LogP contribution in [0.4, 0.5) is 0 Å². The van der Waals surface area contributed by atoms with Crippen LogP contribution in [-0.4, -0.2) is 4.92 Å². The fourth-order valence-electron chi connectivity index (χ4n) is 1.57. The predicted molar refractivity (Wildman–Crippen MR) is 54.3 cm³/mol. The van der Waals surface area contributed by atoms with Crippen LogP contribution in [0.5, 0.6) is 0 Å². The summed E-state index contributed by atoms with van der Waals surface area (Å²) in [6.07, 6.45) is 5.31. The Hall–Kier alpha value is -1.90. The van der Waals surface area contributed by atoms with Crippen LogP contribution in [0.3, 0.4) is 0 Å². The van der Waals surface area contributed by atoms with E-state index in [1.165, 1.54) is 5.56 Å². The first-order chi connectivity index (χ1) is 6.75. The van der Waals surface area contributed by atoms with Gasteiger partial charge in [-0.3, -0.25) is 10.1 Å². The number of benzene rings is 1. The molecule has 1 aliphatic carbocycles. The minimum absolute atomic E-state index is 0.441. The first-order valence-electron chi connectivity index (χ1n) is 4.36. The molecular formula is C11H9NO2. The minimum atomic E-state index is -0.441. The van der Waals surface area contributed by atoms with Crippen molar-refractivity contribution in [3.05, 3.63) is 63.4 Å². The molecule has 0 radical (unpaired) electrons. The summed E-state index contributed by atoms with van der Waals surface area (Å²) in [7, 11) is 0. The van der Waals surface area contributed by atoms with Gasteiger partial charge < -0.3 is 0 Å². The molecule has 3 nitrogen and oxygen atoms in total. The molecule has 1 aromatic carbocycles. The molecule has 3 heteroatoms. The van der Waals surface area contributed by atoms with E-state index in [-0.39, 0.29) is 0 Å². The smallest absolute Gasteiger partial charge is 0.234 e. The van der Waals surface area contributed by atoms with Crippen molar-refractivity contribution >= 4 is 6.08 Å². The summed E-state index contributed by atoms with van der Waals surface area (Å²) in [4.78, 5) is 9.68. The third kappa shape index (κ3) is 1.71. The topological polar surface area (TPSA) is 43.1 Å². The second kappa shape index (κ2) is 3.46. The lowest BCUT2D eigenvalue weighted by atomic mass is 10.1. The van der Waals surface area contributed by atoms with Crippen LogP contribution >= 0.6 is 0 Å². The quantitative estimate of drug-likeness (QED) is 0.527. The maximum absolute atomic E-state index is 10.1. The lowest BCUT2D eigenvalue weighted by molar-refractivity contribution is -0.402. The highest BCUT2D eigenvalue weighted by molar-refractivity contribution is 5.65. The third-order valence-electron chi connectivity index (χ3n) is 2.20. The molecule has 0 saturated carbocycles. The molecule has 0 aliphatic heterocycles. The highest BCUT2D eigenvalue weighted by Crippen LogP contribution is 2.24. The van der Waals surface area contributed by atoms with Crippen molar-refractivity contribution in [1.82, 2.24) is 0 Å². The summed E-state index contributed by atoms with van der Waals surface area (Å²) < 4.78 is 0. The summed E-state index contributed by atoms with van der Waals surface area (Å²) in [6, 6.07) is 8.00. The molecule has 2 rings (SSSR count). The van der Waals surface area contributed by atoms with Gasteiger partial charge in [0.1, 0.15) is 0 Å². The van der Waals surface area contributed by atoms with Crippen molar-refractivity contribution in [2.45, 2.75) is 6.42 Å². The number of allylic oxidation sites excluding steroid dienone is 2. The van der Waals surface area contributed by atoms with Gasteiger partial charge in [-0.15, -0.1) is 0 Å². The first kappa shape index (κ1) is 8.69. The van der Waals surface area contributed by atoms with Crippen LogP contribution in [0.25, 0.3) is 6.08 Å². The van der Waals surface area contributed by atoms with Crippen molar-refractivity contribution in [3.63, 3.8) is 0 Å². The average molecular weight is 187 g/mol. The lowest BCUT2D eigenvalue weighted by Gasteiger charge is -1.94. The normalized spacial score (nSPS) is 14.1. The van der Waals surface area contributed by atoms with Crippen LogP contribution in [-0.2, 0) is 6.42 Å². The lowest BCUT2D eigenvalue weighted by Crippen LogP contribution is -1.85. The summed E-state index contributed by atoms with van der Waals surface area (Å²) in [5.74, 6) is 0. The summed E-state index contributed by atoms with van der Waals surface area (Å²) in [5.41, 5.74) is 3.38. The molecular weight excluding hydrogens is 178 g/mol. The van der Waals surface area contributed by atoms with E-state index in [0.717, 1.165) is 23.8 Å². The zero-order valence-corrected chi connectivity index (χ0v) is 7.51. The predicted octanol–water partition coefficient (Wildman–Crippen LogP) is 2.42. The van der Waals surface area contributed by atoms with Crippen molar-refractivity contribution in [2.24, 2.45) is 0 Å². The standard InChI is InChI=1S/C11H9NO2/c13-12(14)6-5-9-7-10-3-1-2-4-11(10)8-9/h1-7H,8H2/b6-5+. The Labute approximate surface area is 81.5 Å². The van der Waals surface area contributed by atoms with Gasteiger partial charge in [-0.1, -0.05) is 30.3 Å². The molecule has 1 aliphatic rings. The largest absolute Gasteiger partial charge is 0.259 e. The third-order valence-corrected chi connectivity index (χ3v) is 2.20. The van der Waals surface area contributed by atoms with Gasteiger partial charge in [0, 0.05) is 6.08 Å². The summed E-state index contributed by atoms with van der Waals surface area (Å²) in [5, 5.41) is 10.1. The Balaban J connectivity index is 2.20. The van der Waals surface area contributed by atoms with E-state index in [2.05, 4.69) is 0 Å². The summed E-state index contributed by atoms with van der Waals surface area (Å²) in [6.45, 7) is 0. The Morgan fingerprint density at radius 1 is 1.36 bits per heavy atom. The molecule has 0 bridgehead atoms. The first-order valence-corrected chi connectivity index (χ1v) is 4.36. The monoisotopic (exact) mass is 187 g/mol. The Bertz CT molecular complexity index is 433. The molecule has 14 heavy (non-hydrogen) atoms. The molecule has 0 spiro atoms. The number of rotatable bonds is 2. The van der Waals surface area contributed by atoms with Crippen LogP contribution in [0.1, 0.15) is 11.1 Å². The zero-order valence-electron chi connectivity index (χ0n) is 7.51. The Kier molecular flexibility index (Phi) is 2.14. The van der Waals surface area contributed by atoms with Crippen LogP contribution in [0.2, 0.25) is 0 Å². The van der Waals surface area contributed by atoms with E-state index >= 15 is 0 Å². The van der Waals surface area contributed by atoms with Gasteiger partial charge in [-0.2, -0.15) is 0 Å². The van der Waals surface area contributed by atoms with Gasteiger partial charge in [0.05, 0.1) is 4.92 Å². The summed E-state index contributed by atoms with van der Waals surface area (Å²) >= 11 is 0. The SMILES string of the molecule is O=[N+]([O-])/C=C/C1=Cc2ccccc2C1. The van der Waals surface area contributed by atoms with Crippen LogP contribution in [0.15, 0.2) is 42.1 Å². The number of hydrogen-bond acceptors (Lipinski definition) is 2. The fourth-order valence-corrected chi connectivity index (χ4v) is 1.57. The van der Waals surface area contributed by atoms with E-state index in [9.17, 15) is 10.1 Å². The number of nitro groups is 1. The van der Waals surface area contributed by atoms with Gasteiger partial charge in [-0.25, -0.2) is 0 Å². The van der Waals surface area contributed by atoms with E-state index in [4.69, 9.17) is 0 Å². The van der Waals surface area contributed by atoms with Gasteiger partial charge in [0.15, 0.2) is 0 Å². The molecule has 0 N–H and O–H groups in total. The number of hydrogen-bond donors (Lipinski definition) is 0. The maximum Gasteiger partial charge on any atom is 0.234 e. The van der Waals surface area contributed by atoms with Crippen LogP contribution in [0, 0.1) is 10.1 Å². The molecule has 0 fully saturated rings. The fraction of sp³-hybridized carbons (Fsp3) is 0.0909. The molecule has 0 heterocycles. The van der Waals surface area contributed by atoms with Gasteiger partial charge >= 0.3 is 0 Å². The molecule has 0 unspecified atom stereocenters. The highest BCUT2D eigenvalue weighted by Gasteiger charge is 2.09. The van der Waals surface area contributed by atoms with Gasteiger partial charge in [0.25, 0.3) is 0 Å². The number of nitrogens with zero attached hydrogens (tertiary/aromatic N) is 1. The van der Waals surface area contributed by atoms with Crippen molar-refractivity contribution in [1.29, 1.82) is 0 Å². The van der Waals surface area contributed by atoms with Gasteiger partial charge in [-0.05, 0) is 23.1 Å². The van der Waals surface area contributed by atoms with E-state index in [1.807, 2.05) is 30.3 Å². The molecule has 0 aromatic heterocycles. The Morgan fingerprint density at radius 2 is 2.14 bits per heavy atom. The van der Waals surface area contributed by atoms with E-state index in [0.29, 0.717) is 0 Å². The van der Waals surface area contributed by atoms with E-state index in [1.54, 1.807) is 6.08 Å².